The number of anilines is 1. The van der Waals surface area contributed by atoms with Crippen LogP contribution in [0.5, 0.6) is 0 Å². The number of likely N-dealkylation sites (N-methyl/N-ethyl adjacent to an activating group) is 1. The summed E-state index contributed by atoms with van der Waals surface area (Å²) in [5, 5.41) is 0.722. The number of aromatic nitrogens is 3. The zero-order chi connectivity index (χ0) is 21.2. The summed E-state index contributed by atoms with van der Waals surface area (Å²) < 4.78 is 0. The van der Waals surface area contributed by atoms with Gasteiger partial charge < -0.3 is 9.80 Å². The number of halogens is 1. The Bertz CT molecular complexity index is 1020. The lowest BCUT2D eigenvalue weighted by Gasteiger charge is -2.36. The smallest absolute Gasteiger partial charge is 0.163 e. The molecule has 0 radical (unpaired) electrons. The van der Waals surface area contributed by atoms with Crippen molar-refractivity contribution in [2.75, 3.05) is 51.2 Å². The molecular formula is C24H27ClN6. The second-order valence-electron chi connectivity index (χ2n) is 8.41. The Morgan fingerprint density at radius 2 is 1.74 bits per heavy atom. The zero-order valence-corrected chi connectivity index (χ0v) is 18.5. The van der Waals surface area contributed by atoms with E-state index >= 15 is 0 Å². The fraction of sp³-hybridized carbons (Fsp3) is 0.375. The number of benzene rings is 1. The van der Waals surface area contributed by atoms with Crippen LogP contribution in [-0.2, 0) is 0 Å². The first-order valence-corrected chi connectivity index (χ1v) is 11.3. The van der Waals surface area contributed by atoms with Crippen molar-refractivity contribution in [3.05, 3.63) is 59.9 Å². The normalized spacial score (nSPS) is 20.3. The molecule has 1 unspecified atom stereocenters. The van der Waals surface area contributed by atoms with E-state index in [-0.39, 0.29) is 0 Å². The van der Waals surface area contributed by atoms with Gasteiger partial charge in [0.25, 0.3) is 0 Å². The quantitative estimate of drug-likeness (QED) is 0.624. The van der Waals surface area contributed by atoms with Crippen LogP contribution in [0.2, 0.25) is 5.02 Å². The summed E-state index contributed by atoms with van der Waals surface area (Å²) in [4.78, 5) is 21.5. The van der Waals surface area contributed by atoms with E-state index in [4.69, 9.17) is 21.6 Å². The van der Waals surface area contributed by atoms with Gasteiger partial charge in [-0.3, -0.25) is 9.88 Å². The number of hydrogen-bond donors (Lipinski definition) is 0. The molecular weight excluding hydrogens is 408 g/mol. The molecule has 2 saturated heterocycles. The SMILES string of the molecule is CN1CCN(C2CCN(c3cc(-c4ccc(Cl)cc4)nc(-c4cccnc4)n3)C2)CC1. The molecule has 6 nitrogen and oxygen atoms in total. The average molecular weight is 435 g/mol. The van der Waals surface area contributed by atoms with Gasteiger partial charge in [-0.15, -0.1) is 0 Å². The first kappa shape index (κ1) is 20.4. The molecule has 0 N–H and O–H groups in total. The molecule has 4 heterocycles. The molecule has 2 aliphatic heterocycles. The van der Waals surface area contributed by atoms with Crippen LogP contribution in [-0.4, -0.2) is 77.1 Å². The third kappa shape index (κ3) is 4.56. The Morgan fingerprint density at radius 1 is 0.935 bits per heavy atom. The van der Waals surface area contributed by atoms with Gasteiger partial charge in [-0.2, -0.15) is 0 Å². The highest BCUT2D eigenvalue weighted by molar-refractivity contribution is 6.30. The molecule has 2 fully saturated rings. The van der Waals surface area contributed by atoms with Gasteiger partial charge in [0.05, 0.1) is 5.69 Å². The minimum absolute atomic E-state index is 0.587. The Kier molecular flexibility index (Phi) is 5.85. The molecule has 0 amide bonds. The van der Waals surface area contributed by atoms with E-state index in [1.54, 1.807) is 6.20 Å². The molecule has 0 spiro atoms. The maximum atomic E-state index is 6.10. The standard InChI is InChI=1S/C24H27ClN6/c1-29-11-13-30(14-12-29)21-8-10-31(17-21)23-15-22(18-4-6-20(25)7-5-18)27-24(28-23)19-3-2-9-26-16-19/h2-7,9,15-16,21H,8,10-14,17H2,1H3. The van der Waals surface area contributed by atoms with E-state index in [1.807, 2.05) is 42.6 Å². The monoisotopic (exact) mass is 434 g/mol. The molecule has 7 heteroatoms. The molecule has 1 aromatic carbocycles. The number of piperazine rings is 1. The van der Waals surface area contributed by atoms with Crippen LogP contribution in [0, 0.1) is 0 Å². The van der Waals surface area contributed by atoms with Crippen molar-refractivity contribution >= 4 is 17.4 Å². The maximum Gasteiger partial charge on any atom is 0.163 e. The van der Waals surface area contributed by atoms with Crippen LogP contribution in [0.3, 0.4) is 0 Å². The lowest BCUT2D eigenvalue weighted by atomic mass is 10.1. The summed E-state index contributed by atoms with van der Waals surface area (Å²) in [6.45, 7) is 6.62. The van der Waals surface area contributed by atoms with Crippen LogP contribution in [0.4, 0.5) is 5.82 Å². The largest absolute Gasteiger partial charge is 0.355 e. The van der Waals surface area contributed by atoms with Gasteiger partial charge in [-0.05, 0) is 37.7 Å². The highest BCUT2D eigenvalue weighted by Crippen LogP contribution is 2.29. The minimum Gasteiger partial charge on any atom is -0.355 e. The van der Waals surface area contributed by atoms with Gasteiger partial charge in [0.1, 0.15) is 5.82 Å². The summed E-state index contributed by atoms with van der Waals surface area (Å²) in [7, 11) is 2.21. The molecule has 0 aliphatic carbocycles. The molecule has 0 bridgehead atoms. The fourth-order valence-corrected chi connectivity index (χ4v) is 4.55. The van der Waals surface area contributed by atoms with E-state index in [0.29, 0.717) is 11.9 Å². The predicted molar refractivity (Wildman–Crippen MR) is 125 cm³/mol. The van der Waals surface area contributed by atoms with Crippen molar-refractivity contribution in [3.63, 3.8) is 0 Å². The molecule has 160 valence electrons. The van der Waals surface area contributed by atoms with Crippen LogP contribution in [0.15, 0.2) is 54.9 Å². The van der Waals surface area contributed by atoms with Crippen molar-refractivity contribution in [3.8, 4) is 22.6 Å². The Morgan fingerprint density at radius 3 is 2.48 bits per heavy atom. The minimum atomic E-state index is 0.587. The summed E-state index contributed by atoms with van der Waals surface area (Å²) in [6, 6.07) is 14.5. The predicted octanol–water partition coefficient (Wildman–Crippen LogP) is 3.69. The number of pyridine rings is 1. The Hall–Kier alpha value is -2.54. The summed E-state index contributed by atoms with van der Waals surface area (Å²) in [5.41, 5.74) is 2.87. The summed E-state index contributed by atoms with van der Waals surface area (Å²) in [6.07, 6.45) is 4.77. The van der Waals surface area contributed by atoms with Gasteiger partial charge in [0, 0.05) is 79.9 Å². The third-order valence-electron chi connectivity index (χ3n) is 6.31. The van der Waals surface area contributed by atoms with Gasteiger partial charge in [-0.1, -0.05) is 23.7 Å². The number of rotatable bonds is 4. The van der Waals surface area contributed by atoms with E-state index in [2.05, 4.69) is 32.8 Å². The molecule has 2 aromatic heterocycles. The fourth-order valence-electron chi connectivity index (χ4n) is 4.42. The molecule has 5 rings (SSSR count). The van der Waals surface area contributed by atoms with Crippen molar-refractivity contribution in [1.29, 1.82) is 0 Å². The van der Waals surface area contributed by atoms with Crippen molar-refractivity contribution in [2.24, 2.45) is 0 Å². The number of nitrogens with zero attached hydrogens (tertiary/aromatic N) is 6. The van der Waals surface area contributed by atoms with Gasteiger partial charge >= 0.3 is 0 Å². The summed E-state index contributed by atoms with van der Waals surface area (Å²) >= 11 is 6.10. The molecule has 0 saturated carbocycles. The van der Waals surface area contributed by atoms with E-state index in [0.717, 1.165) is 66.9 Å². The van der Waals surface area contributed by atoms with Gasteiger partial charge in [0.2, 0.25) is 0 Å². The highest BCUT2D eigenvalue weighted by atomic mass is 35.5. The highest BCUT2D eigenvalue weighted by Gasteiger charge is 2.30. The van der Waals surface area contributed by atoms with Crippen molar-refractivity contribution in [2.45, 2.75) is 12.5 Å². The first-order valence-electron chi connectivity index (χ1n) is 10.9. The first-order chi connectivity index (χ1) is 15.2. The van der Waals surface area contributed by atoms with Gasteiger partial charge in [-0.25, -0.2) is 9.97 Å². The average Bonchev–Trinajstić information content (AvgIpc) is 3.31. The zero-order valence-electron chi connectivity index (χ0n) is 17.8. The molecule has 1 atom stereocenters. The van der Waals surface area contributed by atoms with Crippen LogP contribution >= 0.6 is 11.6 Å². The molecule has 3 aromatic rings. The maximum absolute atomic E-state index is 6.10. The molecule has 31 heavy (non-hydrogen) atoms. The Balaban J connectivity index is 1.45. The lowest BCUT2D eigenvalue weighted by molar-refractivity contribution is 0.120. The second kappa shape index (κ2) is 8.91. The van der Waals surface area contributed by atoms with E-state index < -0.39 is 0 Å². The van der Waals surface area contributed by atoms with Crippen LogP contribution < -0.4 is 4.90 Å². The van der Waals surface area contributed by atoms with Crippen LogP contribution in [0.1, 0.15) is 6.42 Å². The van der Waals surface area contributed by atoms with E-state index in [1.165, 1.54) is 6.42 Å². The van der Waals surface area contributed by atoms with Gasteiger partial charge in [0.15, 0.2) is 5.82 Å². The Labute approximate surface area is 188 Å². The lowest BCUT2D eigenvalue weighted by Crippen LogP contribution is -2.49. The van der Waals surface area contributed by atoms with Crippen LogP contribution in [0.25, 0.3) is 22.6 Å². The topological polar surface area (TPSA) is 48.4 Å². The summed E-state index contributed by atoms with van der Waals surface area (Å²) in [5.74, 6) is 1.69. The number of hydrogen-bond acceptors (Lipinski definition) is 6. The second-order valence-corrected chi connectivity index (χ2v) is 8.85. The molecule has 2 aliphatic rings. The van der Waals surface area contributed by atoms with Crippen molar-refractivity contribution < 1.29 is 0 Å². The van der Waals surface area contributed by atoms with E-state index in [9.17, 15) is 0 Å². The van der Waals surface area contributed by atoms with Crippen molar-refractivity contribution in [1.82, 2.24) is 24.8 Å². The third-order valence-corrected chi connectivity index (χ3v) is 6.57.